The van der Waals surface area contributed by atoms with Gasteiger partial charge in [0.2, 0.25) is 0 Å². The van der Waals surface area contributed by atoms with Crippen LogP contribution in [0, 0.1) is 0 Å². The number of rotatable bonds is 4. The van der Waals surface area contributed by atoms with E-state index >= 15 is 0 Å². The lowest BCUT2D eigenvalue weighted by molar-refractivity contribution is -0.0633. The van der Waals surface area contributed by atoms with Gasteiger partial charge >= 0.3 is 0 Å². The Hall–Kier alpha value is -1.26. The van der Waals surface area contributed by atoms with Crippen LogP contribution in [0.3, 0.4) is 0 Å². The molecule has 0 radical (unpaired) electrons. The predicted molar refractivity (Wildman–Crippen MR) is 76.0 cm³/mol. The van der Waals surface area contributed by atoms with Gasteiger partial charge in [0.05, 0.1) is 24.5 Å². The molecule has 0 atom stereocenters. The van der Waals surface area contributed by atoms with E-state index in [2.05, 4.69) is 29.3 Å². The first kappa shape index (κ1) is 12.8. The first-order valence-corrected chi connectivity index (χ1v) is 7.08. The molecule has 3 rings (SSSR count). The standard InChI is InChI=1S/C15H22N2O2/c1-15(11-16-12-15)19-10-8-17-7-4-9-18-14-6-3-2-5-13(14)17/h2-3,5-6,16H,4,7-12H2,1H3. The summed E-state index contributed by atoms with van der Waals surface area (Å²) in [5.41, 5.74) is 1.24. The first-order chi connectivity index (χ1) is 9.27. The van der Waals surface area contributed by atoms with Gasteiger partial charge in [0.25, 0.3) is 0 Å². The molecule has 1 N–H and O–H groups in total. The molecule has 2 aliphatic rings. The minimum Gasteiger partial charge on any atom is -0.491 e. The average molecular weight is 262 g/mol. The zero-order valence-electron chi connectivity index (χ0n) is 11.5. The Bertz CT molecular complexity index is 432. The van der Waals surface area contributed by atoms with Crippen molar-refractivity contribution in [2.75, 3.05) is 44.3 Å². The molecule has 0 bridgehead atoms. The van der Waals surface area contributed by atoms with Gasteiger partial charge in [0, 0.05) is 26.2 Å². The zero-order chi connectivity index (χ0) is 13.1. The maximum absolute atomic E-state index is 5.98. The Kier molecular flexibility index (Phi) is 3.62. The molecule has 1 saturated heterocycles. The molecule has 4 nitrogen and oxygen atoms in total. The molecule has 0 spiro atoms. The highest BCUT2D eigenvalue weighted by Gasteiger charge is 2.32. The van der Waals surface area contributed by atoms with Crippen molar-refractivity contribution in [2.45, 2.75) is 18.9 Å². The van der Waals surface area contributed by atoms with Crippen LogP contribution in [0.5, 0.6) is 5.75 Å². The smallest absolute Gasteiger partial charge is 0.142 e. The lowest BCUT2D eigenvalue weighted by Gasteiger charge is -2.39. The van der Waals surface area contributed by atoms with Crippen LogP contribution >= 0.6 is 0 Å². The second-order valence-corrected chi connectivity index (χ2v) is 5.56. The third-order valence-electron chi connectivity index (χ3n) is 3.85. The largest absolute Gasteiger partial charge is 0.491 e. The van der Waals surface area contributed by atoms with Crippen molar-refractivity contribution >= 4 is 5.69 Å². The Morgan fingerprint density at radius 1 is 1.37 bits per heavy atom. The van der Waals surface area contributed by atoms with Crippen LogP contribution in [-0.4, -0.2) is 45.0 Å². The summed E-state index contributed by atoms with van der Waals surface area (Å²) in [5.74, 6) is 0.997. The summed E-state index contributed by atoms with van der Waals surface area (Å²) < 4.78 is 11.7. The number of para-hydroxylation sites is 2. The minimum absolute atomic E-state index is 0.0435. The second-order valence-electron chi connectivity index (χ2n) is 5.56. The molecule has 19 heavy (non-hydrogen) atoms. The highest BCUT2D eigenvalue weighted by atomic mass is 16.5. The van der Waals surface area contributed by atoms with Crippen molar-refractivity contribution in [2.24, 2.45) is 0 Å². The van der Waals surface area contributed by atoms with E-state index in [0.717, 1.165) is 51.6 Å². The molecule has 0 aromatic heterocycles. The van der Waals surface area contributed by atoms with Gasteiger partial charge in [-0.3, -0.25) is 0 Å². The summed E-state index contributed by atoms with van der Waals surface area (Å²) in [5, 5.41) is 3.26. The van der Waals surface area contributed by atoms with Gasteiger partial charge in [-0.2, -0.15) is 0 Å². The Morgan fingerprint density at radius 2 is 2.21 bits per heavy atom. The van der Waals surface area contributed by atoms with Crippen molar-refractivity contribution in [3.8, 4) is 5.75 Å². The lowest BCUT2D eigenvalue weighted by atomic mass is 10.0. The van der Waals surface area contributed by atoms with E-state index in [1.807, 2.05) is 12.1 Å². The summed E-state index contributed by atoms with van der Waals surface area (Å²) in [6, 6.07) is 8.28. The molecular formula is C15H22N2O2. The Labute approximate surface area is 114 Å². The fourth-order valence-corrected chi connectivity index (χ4v) is 2.61. The molecule has 0 saturated carbocycles. The van der Waals surface area contributed by atoms with Gasteiger partial charge in [-0.1, -0.05) is 12.1 Å². The van der Waals surface area contributed by atoms with Crippen LogP contribution in [0.1, 0.15) is 13.3 Å². The summed E-state index contributed by atoms with van der Waals surface area (Å²) in [6.07, 6.45) is 1.06. The highest BCUT2D eigenvalue weighted by molar-refractivity contribution is 5.58. The average Bonchev–Trinajstić information content (AvgIpc) is 2.60. The third kappa shape index (κ3) is 2.85. The van der Waals surface area contributed by atoms with Crippen molar-refractivity contribution in [3.05, 3.63) is 24.3 Å². The van der Waals surface area contributed by atoms with E-state index in [4.69, 9.17) is 9.47 Å². The SMILES string of the molecule is CC1(OCCN2CCCOc3ccccc32)CNC1. The Morgan fingerprint density at radius 3 is 3.00 bits per heavy atom. The monoisotopic (exact) mass is 262 g/mol. The van der Waals surface area contributed by atoms with Crippen molar-refractivity contribution in [3.63, 3.8) is 0 Å². The fraction of sp³-hybridized carbons (Fsp3) is 0.600. The number of hydrogen-bond acceptors (Lipinski definition) is 4. The number of hydrogen-bond donors (Lipinski definition) is 1. The quantitative estimate of drug-likeness (QED) is 0.894. The molecule has 2 heterocycles. The fourth-order valence-electron chi connectivity index (χ4n) is 2.61. The summed E-state index contributed by atoms with van der Waals surface area (Å²) in [6.45, 7) is 7.64. The van der Waals surface area contributed by atoms with Crippen LogP contribution in [0.2, 0.25) is 0 Å². The van der Waals surface area contributed by atoms with Crippen LogP contribution in [0.25, 0.3) is 0 Å². The molecular weight excluding hydrogens is 240 g/mol. The van der Waals surface area contributed by atoms with E-state index in [0.29, 0.717) is 0 Å². The van der Waals surface area contributed by atoms with E-state index in [-0.39, 0.29) is 5.60 Å². The van der Waals surface area contributed by atoms with Gasteiger partial charge in [-0.05, 0) is 25.5 Å². The van der Waals surface area contributed by atoms with Gasteiger partial charge in [-0.15, -0.1) is 0 Å². The summed E-state index contributed by atoms with van der Waals surface area (Å²) >= 11 is 0. The molecule has 104 valence electrons. The number of nitrogens with zero attached hydrogens (tertiary/aromatic N) is 1. The molecule has 0 aliphatic carbocycles. The maximum atomic E-state index is 5.98. The number of anilines is 1. The normalized spacial score (nSPS) is 21.0. The number of benzene rings is 1. The van der Waals surface area contributed by atoms with Gasteiger partial charge < -0.3 is 19.7 Å². The molecule has 4 heteroatoms. The topological polar surface area (TPSA) is 33.7 Å². The van der Waals surface area contributed by atoms with Crippen LogP contribution in [0.4, 0.5) is 5.69 Å². The van der Waals surface area contributed by atoms with Gasteiger partial charge in [0.1, 0.15) is 5.75 Å². The predicted octanol–water partition coefficient (Wildman–Crippen LogP) is 1.65. The second kappa shape index (κ2) is 5.39. The highest BCUT2D eigenvalue weighted by Crippen LogP contribution is 2.30. The van der Waals surface area contributed by atoms with E-state index in [9.17, 15) is 0 Å². The minimum atomic E-state index is 0.0435. The molecule has 1 aromatic rings. The number of nitrogens with one attached hydrogen (secondary N) is 1. The van der Waals surface area contributed by atoms with Gasteiger partial charge in [0.15, 0.2) is 0 Å². The molecule has 0 amide bonds. The van der Waals surface area contributed by atoms with Crippen LogP contribution in [-0.2, 0) is 4.74 Å². The molecule has 1 aromatic carbocycles. The Balaban J connectivity index is 1.60. The van der Waals surface area contributed by atoms with Crippen LogP contribution < -0.4 is 15.0 Å². The summed E-state index contributed by atoms with van der Waals surface area (Å²) in [4.78, 5) is 2.37. The van der Waals surface area contributed by atoms with E-state index in [1.54, 1.807) is 0 Å². The number of fused-ring (bicyclic) bond motifs is 1. The zero-order valence-corrected chi connectivity index (χ0v) is 11.5. The van der Waals surface area contributed by atoms with Crippen molar-refractivity contribution < 1.29 is 9.47 Å². The number of ether oxygens (including phenoxy) is 2. The van der Waals surface area contributed by atoms with Crippen LogP contribution in [0.15, 0.2) is 24.3 Å². The van der Waals surface area contributed by atoms with E-state index < -0.39 is 0 Å². The first-order valence-electron chi connectivity index (χ1n) is 7.08. The molecule has 2 aliphatic heterocycles. The maximum Gasteiger partial charge on any atom is 0.142 e. The molecule has 0 unspecified atom stereocenters. The van der Waals surface area contributed by atoms with Crippen molar-refractivity contribution in [1.29, 1.82) is 0 Å². The summed E-state index contributed by atoms with van der Waals surface area (Å²) in [7, 11) is 0. The molecule has 1 fully saturated rings. The van der Waals surface area contributed by atoms with Gasteiger partial charge in [-0.25, -0.2) is 0 Å². The third-order valence-corrected chi connectivity index (χ3v) is 3.85. The van der Waals surface area contributed by atoms with E-state index in [1.165, 1.54) is 5.69 Å². The lowest BCUT2D eigenvalue weighted by Crippen LogP contribution is -2.59. The van der Waals surface area contributed by atoms with Crippen molar-refractivity contribution in [1.82, 2.24) is 5.32 Å².